The van der Waals surface area contributed by atoms with Gasteiger partial charge in [-0.05, 0) is 24.1 Å². The van der Waals surface area contributed by atoms with E-state index in [9.17, 15) is 0 Å². The minimum Gasteiger partial charge on any atom is -0.497 e. The summed E-state index contributed by atoms with van der Waals surface area (Å²) in [6.07, 6.45) is 1.41. The van der Waals surface area contributed by atoms with Gasteiger partial charge in [0.1, 0.15) is 5.75 Å². The second kappa shape index (κ2) is 5.64. The van der Waals surface area contributed by atoms with Crippen LogP contribution in [0.4, 0.5) is 0 Å². The van der Waals surface area contributed by atoms with Crippen LogP contribution in [-0.4, -0.2) is 17.3 Å². The van der Waals surface area contributed by atoms with Crippen LogP contribution >= 0.6 is 0 Å². The highest BCUT2D eigenvalue weighted by Gasteiger charge is 2.12. The maximum absolute atomic E-state index is 5.83. The molecule has 5 heteroatoms. The second-order valence-corrected chi connectivity index (χ2v) is 4.09. The van der Waals surface area contributed by atoms with Crippen LogP contribution in [0.3, 0.4) is 0 Å². The fourth-order valence-corrected chi connectivity index (χ4v) is 1.59. The summed E-state index contributed by atoms with van der Waals surface area (Å²) in [5, 5.41) is 3.93. The van der Waals surface area contributed by atoms with Crippen LogP contribution in [0.5, 0.6) is 5.75 Å². The SMILES string of the molecule is CCC(N)c1nc(Cc2ccc(OC)cc2)no1. The highest BCUT2D eigenvalue weighted by molar-refractivity contribution is 5.28. The minimum absolute atomic E-state index is 0.179. The Kier molecular flexibility index (Phi) is 3.94. The van der Waals surface area contributed by atoms with Crippen molar-refractivity contribution < 1.29 is 9.26 Å². The Labute approximate surface area is 106 Å². The average molecular weight is 247 g/mol. The van der Waals surface area contributed by atoms with Gasteiger partial charge in [0.15, 0.2) is 5.82 Å². The van der Waals surface area contributed by atoms with Gasteiger partial charge in [-0.3, -0.25) is 0 Å². The summed E-state index contributed by atoms with van der Waals surface area (Å²) >= 11 is 0. The van der Waals surface area contributed by atoms with Crippen molar-refractivity contribution in [3.8, 4) is 5.75 Å². The van der Waals surface area contributed by atoms with Crippen molar-refractivity contribution in [2.24, 2.45) is 5.73 Å². The molecule has 0 saturated carbocycles. The Morgan fingerprint density at radius 1 is 1.33 bits per heavy atom. The lowest BCUT2D eigenvalue weighted by atomic mass is 10.1. The monoisotopic (exact) mass is 247 g/mol. The molecule has 0 bridgehead atoms. The molecule has 0 saturated heterocycles. The zero-order valence-corrected chi connectivity index (χ0v) is 10.6. The molecule has 0 aliphatic rings. The summed E-state index contributed by atoms with van der Waals surface area (Å²) in [6, 6.07) is 7.60. The molecule has 0 aliphatic carbocycles. The van der Waals surface area contributed by atoms with Gasteiger partial charge in [0.05, 0.1) is 13.2 Å². The van der Waals surface area contributed by atoms with Gasteiger partial charge in [-0.1, -0.05) is 24.2 Å². The van der Waals surface area contributed by atoms with Crippen LogP contribution in [0.2, 0.25) is 0 Å². The van der Waals surface area contributed by atoms with E-state index in [1.807, 2.05) is 31.2 Å². The predicted octanol–water partition coefficient (Wildman–Crippen LogP) is 2.08. The summed E-state index contributed by atoms with van der Waals surface area (Å²) in [7, 11) is 1.65. The zero-order valence-electron chi connectivity index (χ0n) is 10.6. The molecule has 96 valence electrons. The number of benzene rings is 1. The van der Waals surface area contributed by atoms with E-state index in [2.05, 4.69) is 10.1 Å². The van der Waals surface area contributed by atoms with Crippen molar-refractivity contribution in [3.05, 3.63) is 41.5 Å². The standard InChI is InChI=1S/C13H17N3O2/c1-3-11(14)13-15-12(16-18-13)8-9-4-6-10(17-2)7-5-9/h4-7,11H,3,8,14H2,1-2H3. The first-order valence-corrected chi connectivity index (χ1v) is 5.94. The zero-order chi connectivity index (χ0) is 13.0. The van der Waals surface area contributed by atoms with Crippen LogP contribution in [-0.2, 0) is 6.42 Å². The van der Waals surface area contributed by atoms with Crippen LogP contribution in [0.1, 0.15) is 36.7 Å². The number of hydrogen-bond acceptors (Lipinski definition) is 5. The Balaban J connectivity index is 2.06. The van der Waals surface area contributed by atoms with Crippen molar-refractivity contribution in [2.75, 3.05) is 7.11 Å². The first-order valence-electron chi connectivity index (χ1n) is 5.94. The van der Waals surface area contributed by atoms with Crippen LogP contribution < -0.4 is 10.5 Å². The first-order chi connectivity index (χ1) is 8.72. The van der Waals surface area contributed by atoms with Gasteiger partial charge in [-0.2, -0.15) is 4.98 Å². The van der Waals surface area contributed by atoms with Gasteiger partial charge >= 0.3 is 0 Å². The number of ether oxygens (including phenoxy) is 1. The molecule has 0 radical (unpaired) electrons. The van der Waals surface area contributed by atoms with Gasteiger partial charge in [-0.25, -0.2) is 0 Å². The third-order valence-electron chi connectivity index (χ3n) is 2.76. The number of methoxy groups -OCH3 is 1. The maximum atomic E-state index is 5.83. The quantitative estimate of drug-likeness (QED) is 0.875. The van der Waals surface area contributed by atoms with Crippen LogP contribution in [0, 0.1) is 0 Å². The van der Waals surface area contributed by atoms with Crippen molar-refractivity contribution in [1.29, 1.82) is 0 Å². The molecular formula is C13H17N3O2. The highest BCUT2D eigenvalue weighted by Crippen LogP contribution is 2.15. The van der Waals surface area contributed by atoms with E-state index in [0.29, 0.717) is 18.1 Å². The number of aromatic nitrogens is 2. The lowest BCUT2D eigenvalue weighted by molar-refractivity contribution is 0.348. The van der Waals surface area contributed by atoms with E-state index in [1.54, 1.807) is 7.11 Å². The minimum atomic E-state index is -0.179. The number of hydrogen-bond donors (Lipinski definition) is 1. The molecule has 5 nitrogen and oxygen atoms in total. The average Bonchev–Trinajstić information content (AvgIpc) is 2.87. The van der Waals surface area contributed by atoms with Gasteiger partial charge in [0.25, 0.3) is 0 Å². The lowest BCUT2D eigenvalue weighted by Crippen LogP contribution is -2.08. The number of rotatable bonds is 5. The first kappa shape index (κ1) is 12.6. The molecule has 0 aliphatic heterocycles. The Bertz CT molecular complexity index is 493. The van der Waals surface area contributed by atoms with Gasteiger partial charge < -0.3 is 15.0 Å². The fraction of sp³-hybridized carbons (Fsp3) is 0.385. The smallest absolute Gasteiger partial charge is 0.243 e. The van der Waals surface area contributed by atoms with E-state index in [4.69, 9.17) is 15.0 Å². The molecule has 1 heterocycles. The van der Waals surface area contributed by atoms with E-state index in [-0.39, 0.29) is 6.04 Å². The summed E-state index contributed by atoms with van der Waals surface area (Å²) in [4.78, 5) is 4.28. The molecule has 0 fully saturated rings. The maximum Gasteiger partial charge on any atom is 0.243 e. The lowest BCUT2D eigenvalue weighted by Gasteiger charge is -2.01. The number of nitrogens with two attached hydrogens (primary N) is 1. The van der Waals surface area contributed by atoms with E-state index in [1.165, 1.54) is 0 Å². The number of nitrogens with zero attached hydrogens (tertiary/aromatic N) is 2. The molecule has 0 spiro atoms. The Hall–Kier alpha value is -1.88. The second-order valence-electron chi connectivity index (χ2n) is 4.09. The van der Waals surface area contributed by atoms with Gasteiger partial charge in [0, 0.05) is 6.42 Å². The topological polar surface area (TPSA) is 74.2 Å². The van der Waals surface area contributed by atoms with Crippen molar-refractivity contribution in [1.82, 2.24) is 10.1 Å². The summed E-state index contributed by atoms with van der Waals surface area (Å²) < 4.78 is 10.2. The van der Waals surface area contributed by atoms with Gasteiger partial charge in [0.2, 0.25) is 5.89 Å². The van der Waals surface area contributed by atoms with Crippen molar-refractivity contribution in [2.45, 2.75) is 25.8 Å². The largest absolute Gasteiger partial charge is 0.497 e. The third kappa shape index (κ3) is 2.87. The molecule has 1 atom stereocenters. The van der Waals surface area contributed by atoms with Crippen LogP contribution in [0.25, 0.3) is 0 Å². The summed E-state index contributed by atoms with van der Waals surface area (Å²) in [6.45, 7) is 1.98. The molecular weight excluding hydrogens is 230 g/mol. The molecule has 2 aromatic rings. The van der Waals surface area contributed by atoms with Crippen LogP contribution in [0.15, 0.2) is 28.8 Å². The fourth-order valence-electron chi connectivity index (χ4n) is 1.59. The molecule has 18 heavy (non-hydrogen) atoms. The summed E-state index contributed by atoms with van der Waals surface area (Å²) in [5.74, 6) is 1.99. The van der Waals surface area contributed by atoms with E-state index in [0.717, 1.165) is 17.7 Å². The molecule has 2 N–H and O–H groups in total. The normalized spacial score (nSPS) is 12.4. The Morgan fingerprint density at radius 2 is 2.06 bits per heavy atom. The Morgan fingerprint density at radius 3 is 2.67 bits per heavy atom. The molecule has 1 aromatic carbocycles. The predicted molar refractivity (Wildman–Crippen MR) is 67.3 cm³/mol. The molecule has 2 rings (SSSR count). The molecule has 1 aromatic heterocycles. The molecule has 0 amide bonds. The summed E-state index contributed by atoms with van der Waals surface area (Å²) in [5.41, 5.74) is 6.93. The van der Waals surface area contributed by atoms with Gasteiger partial charge in [-0.15, -0.1) is 0 Å². The van der Waals surface area contributed by atoms with E-state index >= 15 is 0 Å². The van der Waals surface area contributed by atoms with E-state index < -0.39 is 0 Å². The third-order valence-corrected chi connectivity index (χ3v) is 2.76. The highest BCUT2D eigenvalue weighted by atomic mass is 16.5. The van der Waals surface area contributed by atoms with Crippen molar-refractivity contribution >= 4 is 0 Å². The molecule has 1 unspecified atom stereocenters. The van der Waals surface area contributed by atoms with Crippen molar-refractivity contribution in [3.63, 3.8) is 0 Å².